The number of benzene rings is 1. The second-order valence-electron chi connectivity index (χ2n) is 5.16. The molecule has 0 spiro atoms. The van der Waals surface area contributed by atoms with Crippen LogP contribution in [0, 0.1) is 0 Å². The van der Waals surface area contributed by atoms with Crippen molar-refractivity contribution in [1.82, 2.24) is 4.90 Å². The van der Waals surface area contributed by atoms with E-state index in [9.17, 15) is 5.11 Å². The van der Waals surface area contributed by atoms with Crippen LogP contribution >= 0.6 is 0 Å². The summed E-state index contributed by atoms with van der Waals surface area (Å²) in [6.45, 7) is 3.94. The summed E-state index contributed by atoms with van der Waals surface area (Å²) in [4.78, 5) is 2.34. The molecule has 3 nitrogen and oxygen atoms in total. The molecule has 1 saturated heterocycles. The highest BCUT2D eigenvalue weighted by Crippen LogP contribution is 2.31. The van der Waals surface area contributed by atoms with Crippen molar-refractivity contribution in [1.29, 1.82) is 0 Å². The van der Waals surface area contributed by atoms with Gasteiger partial charge in [0.15, 0.2) is 0 Å². The molecule has 2 aliphatic rings. The van der Waals surface area contributed by atoms with Crippen LogP contribution in [0.4, 0.5) is 0 Å². The van der Waals surface area contributed by atoms with Crippen LogP contribution in [0.2, 0.25) is 0 Å². The lowest BCUT2D eigenvalue weighted by Crippen LogP contribution is -2.45. The molecule has 0 saturated carbocycles. The molecule has 0 bridgehead atoms. The Labute approximate surface area is 102 Å². The molecule has 2 heterocycles. The second-order valence-corrected chi connectivity index (χ2v) is 5.16. The molecule has 0 radical (unpaired) electrons. The minimum Gasteiger partial charge on any atom is -0.381 e. The van der Waals surface area contributed by atoms with Crippen molar-refractivity contribution in [2.75, 3.05) is 26.2 Å². The summed E-state index contributed by atoms with van der Waals surface area (Å²) in [7, 11) is 0. The number of β-amino-alcohol motifs (C(OH)–C–C–N with tert-alkyl or cyclic N) is 1. The number of rotatable bonds is 2. The van der Waals surface area contributed by atoms with E-state index in [0.29, 0.717) is 19.8 Å². The van der Waals surface area contributed by atoms with Gasteiger partial charge in [0.1, 0.15) is 5.60 Å². The van der Waals surface area contributed by atoms with Gasteiger partial charge in [-0.15, -0.1) is 0 Å². The Bertz CT molecular complexity index is 401. The van der Waals surface area contributed by atoms with E-state index in [1.54, 1.807) is 0 Å². The Morgan fingerprint density at radius 2 is 2.00 bits per heavy atom. The van der Waals surface area contributed by atoms with Gasteiger partial charge in [0.2, 0.25) is 0 Å². The highest BCUT2D eigenvalue weighted by Gasteiger charge is 2.37. The third-order valence-corrected chi connectivity index (χ3v) is 3.80. The standard InChI is InChI=1S/C14H19NO2/c16-14(10-15-7-3-4-8-15)11-17-9-12-5-1-2-6-13(12)14/h1-2,5-6,16H,3-4,7-11H2. The average molecular weight is 233 g/mol. The van der Waals surface area contributed by atoms with Crippen LogP contribution in [-0.2, 0) is 16.9 Å². The molecule has 1 N–H and O–H groups in total. The molecule has 1 aromatic rings. The summed E-state index contributed by atoms with van der Waals surface area (Å²) in [5.74, 6) is 0. The molecule has 0 aliphatic carbocycles. The maximum atomic E-state index is 10.8. The van der Waals surface area contributed by atoms with Crippen LogP contribution in [-0.4, -0.2) is 36.2 Å². The molecular weight excluding hydrogens is 214 g/mol. The summed E-state index contributed by atoms with van der Waals surface area (Å²) in [5.41, 5.74) is 1.36. The predicted octanol–water partition coefficient (Wildman–Crippen LogP) is 1.50. The summed E-state index contributed by atoms with van der Waals surface area (Å²) < 4.78 is 5.55. The summed E-state index contributed by atoms with van der Waals surface area (Å²) in [5, 5.41) is 10.8. The monoisotopic (exact) mass is 233 g/mol. The Morgan fingerprint density at radius 1 is 1.24 bits per heavy atom. The van der Waals surface area contributed by atoms with E-state index < -0.39 is 5.60 Å². The topological polar surface area (TPSA) is 32.7 Å². The van der Waals surface area contributed by atoms with Crippen molar-refractivity contribution in [2.45, 2.75) is 25.0 Å². The van der Waals surface area contributed by atoms with Crippen LogP contribution in [0.3, 0.4) is 0 Å². The highest BCUT2D eigenvalue weighted by molar-refractivity contribution is 5.34. The number of likely N-dealkylation sites (tertiary alicyclic amines) is 1. The molecule has 3 rings (SSSR count). The molecule has 3 heteroatoms. The Balaban J connectivity index is 1.86. The van der Waals surface area contributed by atoms with Gasteiger partial charge < -0.3 is 14.7 Å². The minimum absolute atomic E-state index is 0.417. The number of fused-ring (bicyclic) bond motifs is 1. The summed E-state index contributed by atoms with van der Waals surface area (Å²) in [6.07, 6.45) is 2.50. The molecule has 0 amide bonds. The van der Waals surface area contributed by atoms with E-state index in [0.717, 1.165) is 24.2 Å². The Kier molecular flexibility index (Phi) is 2.90. The van der Waals surface area contributed by atoms with E-state index >= 15 is 0 Å². The maximum absolute atomic E-state index is 10.8. The third-order valence-electron chi connectivity index (χ3n) is 3.80. The lowest BCUT2D eigenvalue weighted by Gasteiger charge is -2.37. The summed E-state index contributed by atoms with van der Waals surface area (Å²) in [6, 6.07) is 8.08. The quantitative estimate of drug-likeness (QED) is 0.840. The molecule has 1 fully saturated rings. The van der Waals surface area contributed by atoms with Gasteiger partial charge in [0.05, 0.1) is 13.2 Å². The van der Waals surface area contributed by atoms with Crippen molar-refractivity contribution < 1.29 is 9.84 Å². The fraction of sp³-hybridized carbons (Fsp3) is 0.571. The number of hydrogen-bond donors (Lipinski definition) is 1. The van der Waals surface area contributed by atoms with E-state index in [2.05, 4.69) is 4.90 Å². The van der Waals surface area contributed by atoms with Gasteiger partial charge in [-0.1, -0.05) is 24.3 Å². The first-order valence-corrected chi connectivity index (χ1v) is 6.39. The maximum Gasteiger partial charge on any atom is 0.126 e. The molecule has 2 aliphatic heterocycles. The minimum atomic E-state index is -0.820. The number of hydrogen-bond acceptors (Lipinski definition) is 3. The zero-order valence-corrected chi connectivity index (χ0v) is 10.1. The number of nitrogens with zero attached hydrogens (tertiary/aromatic N) is 1. The van der Waals surface area contributed by atoms with E-state index in [-0.39, 0.29) is 0 Å². The highest BCUT2D eigenvalue weighted by atomic mass is 16.5. The normalized spacial score (nSPS) is 29.2. The number of aliphatic hydroxyl groups is 1. The van der Waals surface area contributed by atoms with Crippen LogP contribution in [0.15, 0.2) is 24.3 Å². The zero-order valence-electron chi connectivity index (χ0n) is 10.1. The predicted molar refractivity (Wildman–Crippen MR) is 65.7 cm³/mol. The molecule has 17 heavy (non-hydrogen) atoms. The molecule has 92 valence electrons. The first-order chi connectivity index (χ1) is 8.28. The van der Waals surface area contributed by atoms with Crippen LogP contribution < -0.4 is 0 Å². The number of ether oxygens (including phenoxy) is 1. The van der Waals surface area contributed by atoms with Crippen molar-refractivity contribution in [2.24, 2.45) is 0 Å². The average Bonchev–Trinajstić information content (AvgIpc) is 2.82. The molecule has 1 unspecified atom stereocenters. The Hall–Kier alpha value is -0.900. The van der Waals surface area contributed by atoms with E-state index in [1.165, 1.54) is 12.8 Å². The zero-order chi connectivity index (χ0) is 11.7. The lowest BCUT2D eigenvalue weighted by molar-refractivity contribution is -0.0870. The smallest absolute Gasteiger partial charge is 0.126 e. The van der Waals surface area contributed by atoms with Gasteiger partial charge >= 0.3 is 0 Å². The van der Waals surface area contributed by atoms with Crippen LogP contribution in [0.25, 0.3) is 0 Å². The molecular formula is C14H19NO2. The first kappa shape index (κ1) is 11.2. The van der Waals surface area contributed by atoms with Crippen molar-refractivity contribution in [3.05, 3.63) is 35.4 Å². The van der Waals surface area contributed by atoms with Gasteiger partial charge in [0, 0.05) is 6.54 Å². The van der Waals surface area contributed by atoms with Gasteiger partial charge in [-0.2, -0.15) is 0 Å². The van der Waals surface area contributed by atoms with Crippen molar-refractivity contribution in [3.63, 3.8) is 0 Å². The van der Waals surface area contributed by atoms with E-state index in [1.807, 2.05) is 24.3 Å². The van der Waals surface area contributed by atoms with Crippen molar-refractivity contribution in [3.8, 4) is 0 Å². The second kappa shape index (κ2) is 4.41. The van der Waals surface area contributed by atoms with Crippen LogP contribution in [0.1, 0.15) is 24.0 Å². The summed E-state index contributed by atoms with van der Waals surface area (Å²) >= 11 is 0. The fourth-order valence-corrected chi connectivity index (χ4v) is 2.95. The molecule has 1 atom stereocenters. The third kappa shape index (κ3) is 2.10. The molecule has 0 aromatic heterocycles. The lowest BCUT2D eigenvalue weighted by atomic mass is 9.88. The van der Waals surface area contributed by atoms with Crippen molar-refractivity contribution >= 4 is 0 Å². The van der Waals surface area contributed by atoms with Gasteiger partial charge in [-0.25, -0.2) is 0 Å². The SMILES string of the molecule is OC1(CN2CCCC2)COCc2ccccc21. The van der Waals surface area contributed by atoms with E-state index in [4.69, 9.17) is 4.74 Å². The Morgan fingerprint density at radius 3 is 2.82 bits per heavy atom. The van der Waals surface area contributed by atoms with Gasteiger partial charge in [-0.05, 0) is 37.1 Å². The van der Waals surface area contributed by atoms with Gasteiger partial charge in [0.25, 0.3) is 0 Å². The largest absolute Gasteiger partial charge is 0.381 e. The first-order valence-electron chi connectivity index (χ1n) is 6.39. The van der Waals surface area contributed by atoms with Crippen LogP contribution in [0.5, 0.6) is 0 Å². The van der Waals surface area contributed by atoms with Gasteiger partial charge in [-0.3, -0.25) is 0 Å². The molecule has 1 aromatic carbocycles. The fourth-order valence-electron chi connectivity index (χ4n) is 2.95.